The molecule has 1 unspecified atom stereocenters. The zero-order chi connectivity index (χ0) is 13.8. The van der Waals surface area contributed by atoms with Crippen molar-refractivity contribution in [2.24, 2.45) is 0 Å². The molecule has 0 saturated carbocycles. The predicted molar refractivity (Wildman–Crippen MR) is 63.4 cm³/mol. The van der Waals surface area contributed by atoms with Crippen LogP contribution < -0.4 is 5.32 Å². The van der Waals surface area contributed by atoms with Gasteiger partial charge in [0.15, 0.2) is 5.82 Å². The quantitative estimate of drug-likeness (QED) is 0.720. The molecule has 1 aliphatic rings. The molecule has 1 amide bonds. The van der Waals surface area contributed by atoms with Gasteiger partial charge >= 0.3 is 5.97 Å². The fraction of sp³-hybridized carbons (Fsp3) is 0.636. The third-order valence-corrected chi connectivity index (χ3v) is 2.86. The van der Waals surface area contributed by atoms with E-state index in [0.29, 0.717) is 0 Å². The largest absolute Gasteiger partial charge is 0.480 e. The Morgan fingerprint density at radius 2 is 2.26 bits per heavy atom. The van der Waals surface area contributed by atoms with Crippen LogP contribution in [0.4, 0.5) is 0 Å². The van der Waals surface area contributed by atoms with Crippen LogP contribution in [0.15, 0.2) is 0 Å². The summed E-state index contributed by atoms with van der Waals surface area (Å²) in [7, 11) is 0. The van der Waals surface area contributed by atoms with E-state index in [2.05, 4.69) is 15.5 Å². The molecule has 0 aliphatic carbocycles. The number of fused-ring (bicyclic) bond motifs is 1. The molecule has 2 heterocycles. The fourth-order valence-electron chi connectivity index (χ4n) is 2.07. The number of carboxylic acid groups (broad SMARTS) is 1. The van der Waals surface area contributed by atoms with Crippen LogP contribution in [0.2, 0.25) is 0 Å². The summed E-state index contributed by atoms with van der Waals surface area (Å²) in [5, 5.41) is 19.2. The van der Waals surface area contributed by atoms with Gasteiger partial charge in [0.1, 0.15) is 19.0 Å². The lowest BCUT2D eigenvalue weighted by Crippen LogP contribution is -2.32. The van der Waals surface area contributed by atoms with Crippen LogP contribution in [-0.4, -0.2) is 45.0 Å². The maximum atomic E-state index is 11.5. The molecule has 0 fully saturated rings. The number of carboxylic acids is 1. The SMILES string of the molecule is CC(NC(=O)COCC(=O)O)c1nnc2n1CCC2. The maximum absolute atomic E-state index is 11.5. The summed E-state index contributed by atoms with van der Waals surface area (Å²) in [6, 6.07) is -0.278. The topological polar surface area (TPSA) is 106 Å². The maximum Gasteiger partial charge on any atom is 0.329 e. The Balaban J connectivity index is 1.85. The first-order valence-corrected chi connectivity index (χ1v) is 6.09. The lowest BCUT2D eigenvalue weighted by molar-refractivity contribution is -0.143. The van der Waals surface area contributed by atoms with E-state index >= 15 is 0 Å². The van der Waals surface area contributed by atoms with Crippen LogP contribution in [0.3, 0.4) is 0 Å². The average Bonchev–Trinajstić information content (AvgIpc) is 2.88. The van der Waals surface area contributed by atoms with Crippen LogP contribution in [0, 0.1) is 0 Å². The van der Waals surface area contributed by atoms with Crippen molar-refractivity contribution in [1.82, 2.24) is 20.1 Å². The molecule has 1 aromatic heterocycles. The van der Waals surface area contributed by atoms with Gasteiger partial charge in [-0.3, -0.25) is 4.79 Å². The summed E-state index contributed by atoms with van der Waals surface area (Å²) in [5.74, 6) is 0.192. The molecule has 0 saturated heterocycles. The summed E-state index contributed by atoms with van der Waals surface area (Å²) < 4.78 is 6.72. The summed E-state index contributed by atoms with van der Waals surface area (Å²) in [4.78, 5) is 21.8. The van der Waals surface area contributed by atoms with Gasteiger partial charge in [-0.05, 0) is 13.3 Å². The molecule has 0 bridgehead atoms. The minimum Gasteiger partial charge on any atom is -0.480 e. The van der Waals surface area contributed by atoms with E-state index in [-0.39, 0.29) is 18.6 Å². The Hall–Kier alpha value is -1.96. The number of nitrogens with one attached hydrogen (secondary N) is 1. The first-order valence-electron chi connectivity index (χ1n) is 6.09. The molecule has 1 atom stereocenters. The average molecular weight is 268 g/mol. The number of aliphatic carboxylic acids is 1. The molecule has 8 nitrogen and oxygen atoms in total. The van der Waals surface area contributed by atoms with E-state index in [1.165, 1.54) is 0 Å². The van der Waals surface area contributed by atoms with Crippen LogP contribution >= 0.6 is 0 Å². The van der Waals surface area contributed by atoms with Crippen molar-refractivity contribution >= 4 is 11.9 Å². The molecular formula is C11H16N4O4. The standard InChI is InChI=1S/C11H16N4O4/c1-7(12-9(16)5-19-6-10(17)18)11-14-13-8-3-2-4-15(8)11/h7H,2-6H2,1H3,(H,12,16)(H,17,18). The minimum absolute atomic E-state index is 0.278. The Labute approximate surface area is 109 Å². The summed E-state index contributed by atoms with van der Waals surface area (Å²) in [6.45, 7) is 1.91. The number of carbonyl (C=O) groups is 2. The van der Waals surface area contributed by atoms with E-state index in [1.54, 1.807) is 0 Å². The van der Waals surface area contributed by atoms with Crippen molar-refractivity contribution in [3.8, 4) is 0 Å². The monoisotopic (exact) mass is 268 g/mol. The van der Waals surface area contributed by atoms with Gasteiger partial charge in [-0.15, -0.1) is 10.2 Å². The number of hydrogen-bond donors (Lipinski definition) is 2. The second-order valence-electron chi connectivity index (χ2n) is 4.41. The number of ether oxygens (including phenoxy) is 1. The van der Waals surface area contributed by atoms with E-state index in [0.717, 1.165) is 31.0 Å². The number of hydrogen-bond acceptors (Lipinski definition) is 5. The molecule has 104 valence electrons. The molecule has 2 N–H and O–H groups in total. The number of carbonyl (C=O) groups excluding carboxylic acids is 1. The highest BCUT2D eigenvalue weighted by atomic mass is 16.5. The third-order valence-electron chi connectivity index (χ3n) is 2.86. The summed E-state index contributed by atoms with van der Waals surface area (Å²) in [5.41, 5.74) is 0. The summed E-state index contributed by atoms with van der Waals surface area (Å²) in [6.07, 6.45) is 1.95. The van der Waals surface area contributed by atoms with Gasteiger partial charge in [0, 0.05) is 13.0 Å². The number of amides is 1. The van der Waals surface area contributed by atoms with E-state index < -0.39 is 12.6 Å². The Kier molecular flexibility index (Phi) is 4.10. The summed E-state index contributed by atoms with van der Waals surface area (Å²) >= 11 is 0. The van der Waals surface area contributed by atoms with Crippen molar-refractivity contribution < 1.29 is 19.4 Å². The fourth-order valence-corrected chi connectivity index (χ4v) is 2.07. The van der Waals surface area contributed by atoms with Gasteiger partial charge < -0.3 is 19.7 Å². The number of aromatic nitrogens is 3. The van der Waals surface area contributed by atoms with Gasteiger partial charge in [0.05, 0.1) is 6.04 Å². The molecule has 8 heteroatoms. The van der Waals surface area contributed by atoms with Crippen LogP contribution in [0.5, 0.6) is 0 Å². The first kappa shape index (κ1) is 13.5. The predicted octanol–water partition coefficient (Wildman–Crippen LogP) is -0.497. The van der Waals surface area contributed by atoms with E-state index in [4.69, 9.17) is 9.84 Å². The number of aryl methyl sites for hydroxylation is 1. The van der Waals surface area contributed by atoms with E-state index in [9.17, 15) is 9.59 Å². The van der Waals surface area contributed by atoms with E-state index in [1.807, 2.05) is 11.5 Å². The van der Waals surface area contributed by atoms with Gasteiger partial charge in [-0.1, -0.05) is 0 Å². The van der Waals surface area contributed by atoms with Gasteiger partial charge in [-0.25, -0.2) is 4.79 Å². The third kappa shape index (κ3) is 3.28. The number of nitrogens with zero attached hydrogens (tertiary/aromatic N) is 3. The van der Waals surface area contributed by atoms with Gasteiger partial charge in [0.25, 0.3) is 0 Å². The Morgan fingerprint density at radius 3 is 3.00 bits per heavy atom. The lowest BCUT2D eigenvalue weighted by atomic mass is 10.3. The molecule has 19 heavy (non-hydrogen) atoms. The highest BCUT2D eigenvalue weighted by Gasteiger charge is 2.22. The molecule has 1 aliphatic heterocycles. The highest BCUT2D eigenvalue weighted by Crippen LogP contribution is 2.18. The van der Waals surface area contributed by atoms with Gasteiger partial charge in [-0.2, -0.15) is 0 Å². The second-order valence-corrected chi connectivity index (χ2v) is 4.41. The molecule has 0 spiro atoms. The Morgan fingerprint density at radius 1 is 1.47 bits per heavy atom. The smallest absolute Gasteiger partial charge is 0.329 e. The molecule has 0 aromatic carbocycles. The normalized spacial score (nSPS) is 15.0. The minimum atomic E-state index is -1.10. The Bertz CT molecular complexity index is 485. The molecular weight excluding hydrogens is 252 g/mol. The van der Waals surface area contributed by atoms with Crippen molar-refractivity contribution in [2.75, 3.05) is 13.2 Å². The zero-order valence-corrected chi connectivity index (χ0v) is 10.6. The molecule has 1 aromatic rings. The number of rotatable bonds is 6. The van der Waals surface area contributed by atoms with Crippen LogP contribution in [-0.2, 0) is 27.3 Å². The lowest BCUT2D eigenvalue weighted by Gasteiger charge is -2.13. The zero-order valence-electron chi connectivity index (χ0n) is 10.6. The van der Waals surface area contributed by atoms with Crippen molar-refractivity contribution in [1.29, 1.82) is 0 Å². The van der Waals surface area contributed by atoms with Crippen molar-refractivity contribution in [2.45, 2.75) is 32.4 Å². The molecule has 2 rings (SSSR count). The molecule has 0 radical (unpaired) electrons. The van der Waals surface area contributed by atoms with Crippen molar-refractivity contribution in [3.05, 3.63) is 11.6 Å². The van der Waals surface area contributed by atoms with Gasteiger partial charge in [0.2, 0.25) is 5.91 Å². The van der Waals surface area contributed by atoms with Crippen molar-refractivity contribution in [3.63, 3.8) is 0 Å². The van der Waals surface area contributed by atoms with Crippen LogP contribution in [0.1, 0.15) is 31.0 Å². The second kappa shape index (κ2) is 5.79. The highest BCUT2D eigenvalue weighted by molar-refractivity contribution is 5.78. The van der Waals surface area contributed by atoms with Crippen LogP contribution in [0.25, 0.3) is 0 Å². The first-order chi connectivity index (χ1) is 9.08.